The first kappa shape index (κ1) is 21.8. The Bertz CT molecular complexity index is 1170. The molecule has 2 N–H and O–H groups in total. The third kappa shape index (κ3) is 5.56. The predicted octanol–water partition coefficient (Wildman–Crippen LogP) is 3.53. The number of nitrogens with one attached hydrogen (secondary N) is 2. The summed E-state index contributed by atoms with van der Waals surface area (Å²) in [5, 5.41) is 8.89. The Morgan fingerprint density at radius 3 is 2.35 bits per heavy atom. The third-order valence-electron chi connectivity index (χ3n) is 4.12. The number of carbonyl (C=O) groups is 2. The minimum absolute atomic E-state index is 0.0748. The van der Waals surface area contributed by atoms with Crippen molar-refractivity contribution in [3.8, 4) is 11.3 Å². The minimum atomic E-state index is -4.56. The van der Waals surface area contributed by atoms with Gasteiger partial charge in [-0.15, -0.1) is 0 Å². The Morgan fingerprint density at radius 2 is 1.71 bits per heavy atom. The normalized spacial score (nSPS) is 11.1. The molecule has 0 fully saturated rings. The third-order valence-corrected chi connectivity index (χ3v) is 4.12. The van der Waals surface area contributed by atoms with E-state index in [0.717, 1.165) is 22.9 Å². The smallest absolute Gasteiger partial charge is 0.324 e. The minimum Gasteiger partial charge on any atom is -0.324 e. The molecule has 7 nitrogen and oxygen atoms in total. The number of hydrogen-bond donors (Lipinski definition) is 2. The molecule has 0 atom stereocenters. The van der Waals surface area contributed by atoms with Gasteiger partial charge in [0.1, 0.15) is 12.2 Å². The number of halogens is 3. The van der Waals surface area contributed by atoms with Crippen LogP contribution in [-0.4, -0.2) is 21.6 Å². The molecule has 0 radical (unpaired) electrons. The van der Waals surface area contributed by atoms with Crippen LogP contribution in [0, 0.1) is 0 Å². The Balaban J connectivity index is 1.90. The number of alkyl halides is 3. The predicted molar refractivity (Wildman–Crippen MR) is 108 cm³/mol. The van der Waals surface area contributed by atoms with Gasteiger partial charge in [-0.05, 0) is 24.3 Å². The van der Waals surface area contributed by atoms with Crippen molar-refractivity contribution in [1.29, 1.82) is 0 Å². The molecule has 3 rings (SSSR count). The number of anilines is 2. The quantitative estimate of drug-likeness (QED) is 0.648. The van der Waals surface area contributed by atoms with E-state index in [2.05, 4.69) is 15.7 Å². The summed E-state index contributed by atoms with van der Waals surface area (Å²) in [6.07, 6.45) is -4.56. The molecule has 2 amide bonds. The van der Waals surface area contributed by atoms with Crippen LogP contribution in [0.3, 0.4) is 0 Å². The molecule has 0 spiro atoms. The molecule has 0 saturated heterocycles. The molecular weight excluding hydrogens is 413 g/mol. The van der Waals surface area contributed by atoms with Crippen molar-refractivity contribution in [2.75, 3.05) is 10.6 Å². The van der Waals surface area contributed by atoms with Gasteiger partial charge in [0, 0.05) is 18.2 Å². The maximum Gasteiger partial charge on any atom is 0.416 e. The standard InChI is InChI=1S/C21H17F3N4O3/c1-13(29)25-18-11-17(14-6-3-2-4-7-14)27-28(20(18)31)12-19(30)26-16-9-5-8-15(10-16)21(22,23)24/h2-11H,12H2,1H3,(H,25,29)(H,26,30). The zero-order chi connectivity index (χ0) is 22.6. The van der Waals surface area contributed by atoms with Crippen molar-refractivity contribution in [2.24, 2.45) is 0 Å². The van der Waals surface area contributed by atoms with Gasteiger partial charge < -0.3 is 10.6 Å². The van der Waals surface area contributed by atoms with Crippen molar-refractivity contribution in [3.63, 3.8) is 0 Å². The molecule has 0 aliphatic carbocycles. The van der Waals surface area contributed by atoms with Crippen molar-refractivity contribution in [2.45, 2.75) is 19.6 Å². The summed E-state index contributed by atoms with van der Waals surface area (Å²) in [4.78, 5) is 36.5. The fraction of sp³-hybridized carbons (Fsp3) is 0.143. The molecule has 2 aromatic carbocycles. The maximum absolute atomic E-state index is 12.9. The molecule has 0 aliphatic rings. The monoisotopic (exact) mass is 430 g/mol. The second kappa shape index (κ2) is 8.82. The van der Waals surface area contributed by atoms with Gasteiger partial charge in [-0.1, -0.05) is 36.4 Å². The first-order chi connectivity index (χ1) is 14.6. The van der Waals surface area contributed by atoms with E-state index < -0.39 is 35.7 Å². The lowest BCUT2D eigenvalue weighted by molar-refractivity contribution is -0.137. The van der Waals surface area contributed by atoms with Crippen LogP contribution in [0.1, 0.15) is 12.5 Å². The van der Waals surface area contributed by atoms with Crippen LogP contribution in [0.4, 0.5) is 24.5 Å². The Morgan fingerprint density at radius 1 is 1.00 bits per heavy atom. The van der Waals surface area contributed by atoms with E-state index >= 15 is 0 Å². The van der Waals surface area contributed by atoms with Crippen molar-refractivity contribution >= 4 is 23.2 Å². The largest absolute Gasteiger partial charge is 0.416 e. The van der Waals surface area contributed by atoms with Crippen LogP contribution in [0.2, 0.25) is 0 Å². The Labute approximate surface area is 174 Å². The molecule has 0 bridgehead atoms. The van der Waals surface area contributed by atoms with E-state index in [9.17, 15) is 27.6 Å². The molecule has 31 heavy (non-hydrogen) atoms. The van der Waals surface area contributed by atoms with Crippen molar-refractivity contribution in [3.05, 3.63) is 76.6 Å². The number of amides is 2. The highest BCUT2D eigenvalue weighted by molar-refractivity contribution is 5.91. The maximum atomic E-state index is 12.9. The van der Waals surface area contributed by atoms with Gasteiger partial charge in [0.2, 0.25) is 11.8 Å². The van der Waals surface area contributed by atoms with Crippen LogP contribution in [0.5, 0.6) is 0 Å². The SMILES string of the molecule is CC(=O)Nc1cc(-c2ccccc2)nn(CC(=O)Nc2cccc(C(F)(F)F)c2)c1=O. The number of nitrogens with zero attached hydrogens (tertiary/aromatic N) is 2. The van der Waals surface area contributed by atoms with Gasteiger partial charge in [0.05, 0.1) is 11.3 Å². The topological polar surface area (TPSA) is 93.1 Å². The lowest BCUT2D eigenvalue weighted by Crippen LogP contribution is -2.32. The number of rotatable bonds is 5. The lowest BCUT2D eigenvalue weighted by Gasteiger charge is -2.12. The van der Waals surface area contributed by atoms with Gasteiger partial charge in [0.25, 0.3) is 5.56 Å². The average Bonchev–Trinajstić information content (AvgIpc) is 2.70. The van der Waals surface area contributed by atoms with Crippen LogP contribution in [-0.2, 0) is 22.3 Å². The molecule has 0 unspecified atom stereocenters. The summed E-state index contributed by atoms with van der Waals surface area (Å²) >= 11 is 0. The van der Waals surface area contributed by atoms with Crippen molar-refractivity contribution < 1.29 is 22.8 Å². The fourth-order valence-electron chi connectivity index (χ4n) is 2.79. The first-order valence-corrected chi connectivity index (χ1v) is 9.06. The van der Waals surface area contributed by atoms with E-state index in [4.69, 9.17) is 0 Å². The summed E-state index contributed by atoms with van der Waals surface area (Å²) < 4.78 is 39.4. The Kier molecular flexibility index (Phi) is 6.19. The zero-order valence-electron chi connectivity index (χ0n) is 16.2. The molecule has 1 aromatic heterocycles. The number of hydrogen-bond acceptors (Lipinski definition) is 4. The summed E-state index contributed by atoms with van der Waals surface area (Å²) in [7, 11) is 0. The number of aromatic nitrogens is 2. The molecule has 1 heterocycles. The van der Waals surface area contributed by atoms with Gasteiger partial charge >= 0.3 is 6.18 Å². The lowest BCUT2D eigenvalue weighted by atomic mass is 10.1. The van der Waals surface area contributed by atoms with Crippen LogP contribution >= 0.6 is 0 Å². The first-order valence-electron chi connectivity index (χ1n) is 9.06. The number of benzene rings is 2. The molecule has 3 aromatic rings. The van der Waals surface area contributed by atoms with Crippen LogP contribution in [0.15, 0.2) is 65.5 Å². The summed E-state index contributed by atoms with van der Waals surface area (Å²) in [6, 6.07) is 14.3. The van der Waals surface area contributed by atoms with Gasteiger partial charge in [0.15, 0.2) is 0 Å². The summed E-state index contributed by atoms with van der Waals surface area (Å²) in [5.41, 5.74) is -0.826. The molecular formula is C21H17F3N4O3. The van der Waals surface area contributed by atoms with Gasteiger partial charge in [-0.2, -0.15) is 18.3 Å². The Hall–Kier alpha value is -3.95. The fourth-order valence-corrected chi connectivity index (χ4v) is 2.79. The van der Waals surface area contributed by atoms with Gasteiger partial charge in [-0.25, -0.2) is 4.68 Å². The second-order valence-corrected chi connectivity index (χ2v) is 6.58. The average molecular weight is 430 g/mol. The van der Waals surface area contributed by atoms with E-state index in [0.29, 0.717) is 11.3 Å². The van der Waals surface area contributed by atoms with Crippen LogP contribution in [0.25, 0.3) is 11.3 Å². The number of carbonyl (C=O) groups excluding carboxylic acids is 2. The van der Waals surface area contributed by atoms with Crippen molar-refractivity contribution in [1.82, 2.24) is 9.78 Å². The highest BCUT2D eigenvalue weighted by Crippen LogP contribution is 2.30. The van der Waals surface area contributed by atoms with E-state index in [-0.39, 0.29) is 11.4 Å². The van der Waals surface area contributed by atoms with Crippen LogP contribution < -0.4 is 16.2 Å². The van der Waals surface area contributed by atoms with Gasteiger partial charge in [-0.3, -0.25) is 14.4 Å². The highest BCUT2D eigenvalue weighted by Gasteiger charge is 2.30. The molecule has 160 valence electrons. The van der Waals surface area contributed by atoms with E-state index in [1.807, 2.05) is 0 Å². The molecule has 0 saturated carbocycles. The zero-order valence-corrected chi connectivity index (χ0v) is 16.2. The summed E-state index contributed by atoms with van der Waals surface area (Å²) in [5.74, 6) is -1.24. The highest BCUT2D eigenvalue weighted by atomic mass is 19.4. The van der Waals surface area contributed by atoms with E-state index in [1.54, 1.807) is 30.3 Å². The summed E-state index contributed by atoms with van der Waals surface area (Å²) in [6.45, 7) is 0.662. The van der Waals surface area contributed by atoms with E-state index in [1.165, 1.54) is 19.1 Å². The second-order valence-electron chi connectivity index (χ2n) is 6.58. The molecule has 0 aliphatic heterocycles. The molecule has 10 heteroatoms.